The predicted molar refractivity (Wildman–Crippen MR) is 112 cm³/mol. The molecule has 0 amide bonds. The van der Waals surface area contributed by atoms with Gasteiger partial charge in [0, 0.05) is 23.2 Å². The minimum atomic E-state index is -5.09. The maximum absolute atomic E-state index is 14.4. The highest BCUT2D eigenvalue weighted by molar-refractivity contribution is 6.30. The van der Waals surface area contributed by atoms with Gasteiger partial charge < -0.3 is 19.9 Å². The van der Waals surface area contributed by atoms with Gasteiger partial charge in [-0.2, -0.15) is 17.6 Å². The van der Waals surface area contributed by atoms with Crippen LogP contribution < -0.4 is 10.5 Å². The number of amidine groups is 1. The van der Waals surface area contributed by atoms with Crippen LogP contribution in [-0.2, 0) is 19.8 Å². The summed E-state index contributed by atoms with van der Waals surface area (Å²) in [5, 5.41) is 0.244. The van der Waals surface area contributed by atoms with Crippen molar-refractivity contribution in [2.45, 2.75) is 43.2 Å². The van der Waals surface area contributed by atoms with Crippen LogP contribution in [0.1, 0.15) is 24.8 Å². The largest absolute Gasteiger partial charge is 0.490 e. The van der Waals surface area contributed by atoms with Gasteiger partial charge in [0.25, 0.3) is 6.02 Å². The van der Waals surface area contributed by atoms with Crippen molar-refractivity contribution in [3.8, 4) is 16.9 Å². The molecule has 34 heavy (non-hydrogen) atoms. The molecule has 4 atom stereocenters. The Morgan fingerprint density at radius 3 is 2.76 bits per heavy atom. The Balaban J connectivity index is 1.55. The number of carbonyl (C=O) groups excluding carboxylic acids is 1. The molecule has 1 aliphatic carbocycles. The van der Waals surface area contributed by atoms with Gasteiger partial charge in [0.15, 0.2) is 0 Å². The number of esters is 1. The van der Waals surface area contributed by atoms with Gasteiger partial charge in [0.1, 0.15) is 30.1 Å². The van der Waals surface area contributed by atoms with E-state index < -0.39 is 41.8 Å². The van der Waals surface area contributed by atoms with E-state index in [0.717, 1.165) is 0 Å². The number of hydrogen-bond donors (Lipinski definition) is 1. The van der Waals surface area contributed by atoms with Crippen LogP contribution in [0.5, 0.6) is 5.75 Å². The van der Waals surface area contributed by atoms with Gasteiger partial charge in [-0.3, -0.25) is 0 Å². The molecular formula is C22H18ClF4N3O4. The second-order valence-electron chi connectivity index (χ2n) is 8.47. The third-order valence-electron chi connectivity index (χ3n) is 6.45. The summed E-state index contributed by atoms with van der Waals surface area (Å²) in [6.45, 7) is 0.00995. The van der Waals surface area contributed by atoms with E-state index in [0.29, 0.717) is 23.3 Å². The highest BCUT2D eigenvalue weighted by Gasteiger charge is 2.56. The molecule has 7 nitrogen and oxygen atoms in total. The topological polar surface area (TPSA) is 96.0 Å². The Morgan fingerprint density at radius 2 is 2.06 bits per heavy atom. The third kappa shape index (κ3) is 3.81. The number of fused-ring (bicyclic) bond motifs is 4. The number of halogens is 5. The lowest BCUT2D eigenvalue weighted by atomic mass is 9.67. The monoisotopic (exact) mass is 499 g/mol. The second-order valence-corrected chi connectivity index (χ2v) is 8.90. The third-order valence-corrected chi connectivity index (χ3v) is 6.65. The van der Waals surface area contributed by atoms with Gasteiger partial charge in [-0.1, -0.05) is 17.7 Å². The van der Waals surface area contributed by atoms with E-state index >= 15 is 0 Å². The van der Waals surface area contributed by atoms with Gasteiger partial charge >= 0.3 is 12.1 Å². The summed E-state index contributed by atoms with van der Waals surface area (Å²) in [7, 11) is 0. The molecule has 1 saturated carbocycles. The van der Waals surface area contributed by atoms with E-state index in [1.54, 1.807) is 18.2 Å². The summed E-state index contributed by atoms with van der Waals surface area (Å²) in [5.41, 5.74) is 5.88. The quantitative estimate of drug-likeness (QED) is 0.379. The van der Waals surface area contributed by atoms with Crippen LogP contribution in [0.25, 0.3) is 11.1 Å². The summed E-state index contributed by atoms with van der Waals surface area (Å²) in [6, 6.07) is 6.34. The number of aromatic nitrogens is 1. The predicted octanol–water partition coefficient (Wildman–Crippen LogP) is 4.12. The maximum Gasteiger partial charge on any atom is 0.490 e. The highest BCUT2D eigenvalue weighted by Crippen LogP contribution is 2.53. The molecule has 2 aliphatic heterocycles. The molecule has 3 aliphatic rings. The number of carbonyl (C=O) groups is 1. The number of nitrogens with zero attached hydrogens (tertiary/aromatic N) is 2. The summed E-state index contributed by atoms with van der Waals surface area (Å²) in [6.07, 6.45) is -4.70. The van der Waals surface area contributed by atoms with Gasteiger partial charge in [-0.25, -0.2) is 14.8 Å². The van der Waals surface area contributed by atoms with Gasteiger partial charge in [0.2, 0.25) is 5.95 Å². The van der Waals surface area contributed by atoms with Crippen LogP contribution in [0.2, 0.25) is 5.02 Å². The Labute approximate surface area is 195 Å². The molecule has 1 fully saturated rings. The summed E-state index contributed by atoms with van der Waals surface area (Å²) in [5.74, 6) is -2.99. The highest BCUT2D eigenvalue weighted by atomic mass is 35.5. The van der Waals surface area contributed by atoms with Crippen molar-refractivity contribution in [2.75, 3.05) is 6.61 Å². The molecule has 1 spiro atoms. The molecule has 180 valence electrons. The molecule has 1 aromatic carbocycles. The second kappa shape index (κ2) is 8.00. The van der Waals surface area contributed by atoms with Crippen LogP contribution in [0, 0.1) is 11.9 Å². The molecule has 1 aromatic heterocycles. The van der Waals surface area contributed by atoms with Crippen LogP contribution >= 0.6 is 11.6 Å². The minimum Gasteiger partial charge on any atom is -0.490 e. The summed E-state index contributed by atoms with van der Waals surface area (Å²) >= 11 is 6.00. The van der Waals surface area contributed by atoms with E-state index in [9.17, 15) is 22.4 Å². The molecule has 2 N–H and O–H groups in total. The number of benzene rings is 1. The molecular weight excluding hydrogens is 482 g/mol. The first kappa shape index (κ1) is 22.7. The van der Waals surface area contributed by atoms with Crippen molar-refractivity contribution < 1.29 is 36.6 Å². The average Bonchev–Trinajstić information content (AvgIpc) is 3.17. The Hall–Kier alpha value is -3.08. The lowest BCUT2D eigenvalue weighted by molar-refractivity contribution is -0.208. The number of nitrogens with two attached hydrogens (primary N) is 1. The first-order valence-electron chi connectivity index (χ1n) is 10.5. The number of ether oxygens (including phenoxy) is 3. The van der Waals surface area contributed by atoms with Gasteiger partial charge in [-0.15, -0.1) is 0 Å². The zero-order valence-electron chi connectivity index (χ0n) is 17.4. The molecule has 0 radical (unpaired) electrons. The first-order valence-corrected chi connectivity index (χ1v) is 10.8. The normalized spacial score (nSPS) is 27.8. The first-order chi connectivity index (χ1) is 16.1. The van der Waals surface area contributed by atoms with Gasteiger partial charge in [-0.05, 0) is 43.0 Å². The smallest absolute Gasteiger partial charge is 0.490 e. The molecule has 0 saturated heterocycles. The van der Waals surface area contributed by atoms with Crippen LogP contribution in [-0.4, -0.2) is 42.0 Å². The van der Waals surface area contributed by atoms with Crippen LogP contribution in [0.15, 0.2) is 35.5 Å². The molecule has 5 rings (SSSR count). The Bertz CT molecular complexity index is 1190. The fraction of sp³-hybridized carbons (Fsp3) is 0.409. The molecule has 12 heteroatoms. The average molecular weight is 500 g/mol. The van der Waals surface area contributed by atoms with Crippen molar-refractivity contribution >= 4 is 23.6 Å². The Kier molecular flexibility index (Phi) is 5.34. The van der Waals surface area contributed by atoms with Crippen molar-refractivity contribution in [1.82, 2.24) is 4.98 Å². The van der Waals surface area contributed by atoms with Crippen molar-refractivity contribution in [3.63, 3.8) is 0 Å². The SMILES string of the molecule is NC1=NC2(CO1)c1cc(-c3cc(Cl)cnc3F)ccc1O[C@H]1CC[C@H](OC(=O)C(F)(F)F)C[C@@H]12. The number of rotatable bonds is 2. The van der Waals surface area contributed by atoms with E-state index in [4.69, 9.17) is 31.5 Å². The number of alkyl halides is 3. The summed E-state index contributed by atoms with van der Waals surface area (Å²) in [4.78, 5) is 19.6. The van der Waals surface area contributed by atoms with Crippen LogP contribution in [0.3, 0.4) is 0 Å². The van der Waals surface area contributed by atoms with Crippen molar-refractivity contribution in [2.24, 2.45) is 16.6 Å². The van der Waals surface area contributed by atoms with E-state index in [1.165, 1.54) is 12.3 Å². The van der Waals surface area contributed by atoms with Crippen molar-refractivity contribution in [3.05, 3.63) is 47.0 Å². The molecule has 3 heterocycles. The zero-order valence-corrected chi connectivity index (χ0v) is 18.2. The zero-order chi connectivity index (χ0) is 24.3. The molecule has 2 aromatic rings. The maximum atomic E-state index is 14.4. The van der Waals surface area contributed by atoms with E-state index in [1.807, 2.05) is 0 Å². The van der Waals surface area contributed by atoms with Crippen molar-refractivity contribution in [1.29, 1.82) is 0 Å². The number of pyridine rings is 1. The molecule has 0 bridgehead atoms. The lowest BCUT2D eigenvalue weighted by Gasteiger charge is -2.47. The summed E-state index contributed by atoms with van der Waals surface area (Å²) < 4.78 is 69.1. The lowest BCUT2D eigenvalue weighted by Crippen LogP contribution is -2.52. The molecule has 1 unspecified atom stereocenters. The van der Waals surface area contributed by atoms with E-state index in [2.05, 4.69) is 9.98 Å². The Morgan fingerprint density at radius 1 is 1.26 bits per heavy atom. The van der Waals surface area contributed by atoms with Gasteiger partial charge in [0.05, 0.1) is 5.02 Å². The fourth-order valence-corrected chi connectivity index (χ4v) is 5.13. The fourth-order valence-electron chi connectivity index (χ4n) is 4.97. The number of hydrogen-bond acceptors (Lipinski definition) is 7. The number of aliphatic imine (C=N–C) groups is 1. The van der Waals surface area contributed by atoms with Crippen LogP contribution in [0.4, 0.5) is 17.6 Å². The standard InChI is InChI=1S/C22H18ClF4N3O4/c23-11-6-13(18(24)29-8-11)10-1-3-16-14(5-10)21(9-32-20(28)30-21)15-7-12(2-4-17(15)34-16)33-19(31)22(25,26)27/h1,3,5-6,8,12,15,17H,2,4,7,9H2,(H2,28,30)/t12-,15-,17-,21?/m0/s1. The minimum absolute atomic E-state index is 0.00995. The van der Waals surface area contributed by atoms with E-state index in [-0.39, 0.29) is 36.1 Å².